The topological polar surface area (TPSA) is 37.3 Å². The molecule has 0 aliphatic carbocycles. The fourth-order valence-electron chi connectivity index (χ4n) is 0.763. The van der Waals surface area contributed by atoms with Gasteiger partial charge in [-0.2, -0.15) is 0 Å². The van der Waals surface area contributed by atoms with Crippen LogP contribution in [-0.4, -0.2) is 11.1 Å². The number of carbonyl (C=O) groups is 1. The smallest absolute Gasteiger partial charge is 0.310 e. The van der Waals surface area contributed by atoms with Gasteiger partial charge in [-0.1, -0.05) is 18.2 Å². The summed E-state index contributed by atoms with van der Waals surface area (Å²) in [5.41, 5.74) is 0. The van der Waals surface area contributed by atoms with Crippen LogP contribution in [-0.2, 0) is 4.79 Å². The third-order valence-corrected chi connectivity index (χ3v) is 1.59. The molecule has 0 spiro atoms. The number of hydrogen-bond donors (Lipinski definition) is 1. The van der Waals surface area contributed by atoms with E-state index in [1.54, 1.807) is 13.0 Å². The van der Waals surface area contributed by atoms with Crippen molar-refractivity contribution >= 4 is 5.97 Å². The predicted octanol–water partition coefficient (Wildman–Crippen LogP) is 2.62. The van der Waals surface area contributed by atoms with Crippen LogP contribution in [0.5, 0.6) is 0 Å². The number of aliphatic carboxylic acids is 1. The van der Waals surface area contributed by atoms with E-state index in [1.807, 2.05) is 12.2 Å². The Morgan fingerprint density at radius 3 is 2.75 bits per heavy atom. The molecule has 1 atom stereocenters. The number of allylic oxidation sites excluding steroid dienone is 2. The van der Waals surface area contributed by atoms with E-state index in [9.17, 15) is 4.79 Å². The number of carboxylic acids is 1. The first-order valence-electron chi connectivity index (χ1n) is 4.19. The summed E-state index contributed by atoms with van der Waals surface area (Å²) in [4.78, 5) is 10.4. The Labute approximate surface area is 73.6 Å². The molecule has 0 bridgehead atoms. The molecule has 68 valence electrons. The SMILES string of the molecule is C=CCCCC=CC(C)C(=O)O. The number of carboxylic acid groups (broad SMARTS) is 1. The zero-order valence-corrected chi connectivity index (χ0v) is 7.49. The van der Waals surface area contributed by atoms with Gasteiger partial charge in [0.25, 0.3) is 0 Å². The lowest BCUT2D eigenvalue weighted by Gasteiger charge is -1.96. The van der Waals surface area contributed by atoms with Gasteiger partial charge in [0.15, 0.2) is 0 Å². The Hall–Kier alpha value is -1.05. The van der Waals surface area contributed by atoms with Crippen molar-refractivity contribution in [2.24, 2.45) is 5.92 Å². The molecular formula is C10H16O2. The first-order chi connectivity index (χ1) is 5.68. The average Bonchev–Trinajstić information content (AvgIpc) is 2.03. The van der Waals surface area contributed by atoms with Gasteiger partial charge in [-0.3, -0.25) is 4.79 Å². The molecule has 0 heterocycles. The highest BCUT2D eigenvalue weighted by Gasteiger charge is 2.04. The molecule has 0 fully saturated rings. The molecule has 2 nitrogen and oxygen atoms in total. The van der Waals surface area contributed by atoms with Crippen LogP contribution in [0.4, 0.5) is 0 Å². The van der Waals surface area contributed by atoms with Crippen LogP contribution < -0.4 is 0 Å². The second kappa shape index (κ2) is 6.65. The molecule has 0 saturated carbocycles. The van der Waals surface area contributed by atoms with E-state index in [1.165, 1.54) is 0 Å². The van der Waals surface area contributed by atoms with Crippen molar-refractivity contribution in [3.8, 4) is 0 Å². The fourth-order valence-corrected chi connectivity index (χ4v) is 0.763. The zero-order valence-electron chi connectivity index (χ0n) is 7.49. The molecule has 1 N–H and O–H groups in total. The predicted molar refractivity (Wildman–Crippen MR) is 50.0 cm³/mol. The Morgan fingerprint density at radius 1 is 1.58 bits per heavy atom. The molecule has 0 aromatic carbocycles. The van der Waals surface area contributed by atoms with Crippen molar-refractivity contribution in [1.82, 2.24) is 0 Å². The second-order valence-corrected chi connectivity index (χ2v) is 2.77. The van der Waals surface area contributed by atoms with Gasteiger partial charge in [0.05, 0.1) is 5.92 Å². The molecule has 0 aliphatic rings. The van der Waals surface area contributed by atoms with Crippen molar-refractivity contribution < 1.29 is 9.90 Å². The summed E-state index contributed by atoms with van der Waals surface area (Å²) in [5, 5.41) is 8.52. The summed E-state index contributed by atoms with van der Waals surface area (Å²) in [6, 6.07) is 0. The molecule has 1 unspecified atom stereocenters. The van der Waals surface area contributed by atoms with Gasteiger partial charge in [-0.05, 0) is 26.2 Å². The molecule has 0 saturated heterocycles. The molecular weight excluding hydrogens is 152 g/mol. The van der Waals surface area contributed by atoms with Crippen LogP contribution in [0.25, 0.3) is 0 Å². The normalized spacial score (nSPS) is 13.1. The van der Waals surface area contributed by atoms with Gasteiger partial charge in [0.2, 0.25) is 0 Å². The van der Waals surface area contributed by atoms with Gasteiger partial charge < -0.3 is 5.11 Å². The second-order valence-electron chi connectivity index (χ2n) is 2.77. The lowest BCUT2D eigenvalue weighted by atomic mass is 10.1. The first kappa shape index (κ1) is 11.0. The fraction of sp³-hybridized carbons (Fsp3) is 0.500. The molecule has 0 radical (unpaired) electrons. The van der Waals surface area contributed by atoms with Gasteiger partial charge in [-0.15, -0.1) is 6.58 Å². The third kappa shape index (κ3) is 5.71. The maximum absolute atomic E-state index is 10.4. The summed E-state index contributed by atoms with van der Waals surface area (Å²) in [5.74, 6) is -1.14. The highest BCUT2D eigenvalue weighted by molar-refractivity contribution is 5.71. The van der Waals surface area contributed by atoms with E-state index in [-0.39, 0.29) is 5.92 Å². The van der Waals surface area contributed by atoms with E-state index < -0.39 is 5.97 Å². The third-order valence-electron chi connectivity index (χ3n) is 1.59. The molecule has 12 heavy (non-hydrogen) atoms. The largest absolute Gasteiger partial charge is 0.481 e. The van der Waals surface area contributed by atoms with Crippen LogP contribution in [0.15, 0.2) is 24.8 Å². The molecule has 0 aromatic rings. The Morgan fingerprint density at radius 2 is 2.25 bits per heavy atom. The summed E-state index contributed by atoms with van der Waals surface area (Å²) in [6.45, 7) is 5.28. The summed E-state index contributed by atoms with van der Waals surface area (Å²) in [6.07, 6.45) is 8.49. The Kier molecular flexibility index (Phi) is 6.07. The van der Waals surface area contributed by atoms with Crippen LogP contribution in [0.1, 0.15) is 26.2 Å². The van der Waals surface area contributed by atoms with E-state index in [0.717, 1.165) is 19.3 Å². The monoisotopic (exact) mass is 168 g/mol. The van der Waals surface area contributed by atoms with Crippen molar-refractivity contribution in [2.75, 3.05) is 0 Å². The van der Waals surface area contributed by atoms with Crippen molar-refractivity contribution in [3.63, 3.8) is 0 Å². The maximum atomic E-state index is 10.4. The van der Waals surface area contributed by atoms with Crippen LogP contribution in [0.3, 0.4) is 0 Å². The average molecular weight is 168 g/mol. The first-order valence-corrected chi connectivity index (χ1v) is 4.19. The summed E-state index contributed by atoms with van der Waals surface area (Å²) < 4.78 is 0. The minimum atomic E-state index is -0.769. The van der Waals surface area contributed by atoms with E-state index >= 15 is 0 Å². The minimum absolute atomic E-state index is 0.367. The number of unbranched alkanes of at least 4 members (excludes halogenated alkanes) is 2. The molecule has 0 aromatic heterocycles. The van der Waals surface area contributed by atoms with Crippen molar-refractivity contribution in [3.05, 3.63) is 24.8 Å². The molecule has 0 aliphatic heterocycles. The van der Waals surface area contributed by atoms with Gasteiger partial charge in [0, 0.05) is 0 Å². The molecule has 0 amide bonds. The highest BCUT2D eigenvalue weighted by atomic mass is 16.4. The lowest BCUT2D eigenvalue weighted by molar-refractivity contribution is -0.139. The molecule has 0 rings (SSSR count). The zero-order chi connectivity index (χ0) is 9.40. The summed E-state index contributed by atoms with van der Waals surface area (Å²) in [7, 11) is 0. The highest BCUT2D eigenvalue weighted by Crippen LogP contribution is 2.01. The van der Waals surface area contributed by atoms with Gasteiger partial charge in [-0.25, -0.2) is 0 Å². The van der Waals surface area contributed by atoms with Crippen molar-refractivity contribution in [1.29, 1.82) is 0 Å². The van der Waals surface area contributed by atoms with E-state index in [4.69, 9.17) is 5.11 Å². The summed E-state index contributed by atoms with van der Waals surface area (Å²) >= 11 is 0. The Balaban J connectivity index is 3.47. The lowest BCUT2D eigenvalue weighted by Crippen LogP contribution is -2.05. The van der Waals surface area contributed by atoms with E-state index in [2.05, 4.69) is 6.58 Å². The van der Waals surface area contributed by atoms with Crippen LogP contribution in [0, 0.1) is 5.92 Å². The quantitative estimate of drug-likeness (QED) is 0.489. The van der Waals surface area contributed by atoms with Crippen molar-refractivity contribution in [2.45, 2.75) is 26.2 Å². The minimum Gasteiger partial charge on any atom is -0.481 e. The number of hydrogen-bond acceptors (Lipinski definition) is 1. The maximum Gasteiger partial charge on any atom is 0.310 e. The van der Waals surface area contributed by atoms with Gasteiger partial charge >= 0.3 is 5.97 Å². The molecule has 2 heteroatoms. The van der Waals surface area contributed by atoms with Crippen LogP contribution in [0.2, 0.25) is 0 Å². The standard InChI is InChI=1S/C10H16O2/c1-3-4-5-6-7-8-9(2)10(11)12/h3,7-9H,1,4-6H2,2H3,(H,11,12). The van der Waals surface area contributed by atoms with Gasteiger partial charge in [0.1, 0.15) is 0 Å². The Bertz CT molecular complexity index is 171. The van der Waals surface area contributed by atoms with E-state index in [0.29, 0.717) is 0 Å². The van der Waals surface area contributed by atoms with Crippen LogP contribution >= 0.6 is 0 Å². The number of rotatable bonds is 6.